The minimum absolute atomic E-state index is 0.119. The van der Waals surface area contributed by atoms with Gasteiger partial charge in [0.25, 0.3) is 5.91 Å². The molecule has 1 amide bonds. The van der Waals surface area contributed by atoms with Crippen LogP contribution in [-0.4, -0.2) is 59.3 Å². The second-order valence-electron chi connectivity index (χ2n) is 6.26. The van der Waals surface area contributed by atoms with E-state index in [1.807, 2.05) is 0 Å². The van der Waals surface area contributed by atoms with Crippen LogP contribution in [0.1, 0.15) is 47.9 Å². The molecule has 0 atom stereocenters. The van der Waals surface area contributed by atoms with Gasteiger partial charge < -0.3 is 20.7 Å². The van der Waals surface area contributed by atoms with Crippen molar-refractivity contribution in [2.45, 2.75) is 27.2 Å². The second kappa shape index (κ2) is 10.5. The van der Waals surface area contributed by atoms with E-state index in [-0.39, 0.29) is 23.9 Å². The number of nitrogens with zero attached hydrogens (tertiary/aromatic N) is 3. The maximum absolute atomic E-state index is 12.3. The third kappa shape index (κ3) is 5.32. The van der Waals surface area contributed by atoms with Crippen molar-refractivity contribution in [1.29, 1.82) is 0 Å². The molecular weight excluding hydrogens is 358 g/mol. The summed E-state index contributed by atoms with van der Waals surface area (Å²) in [6, 6.07) is 6.90. The number of nitrogens with one attached hydrogen (secondary N) is 1. The summed E-state index contributed by atoms with van der Waals surface area (Å²) in [6.07, 6.45) is 2.29. The van der Waals surface area contributed by atoms with Crippen molar-refractivity contribution in [2.75, 3.05) is 38.5 Å². The Bertz CT molecular complexity index is 782. The fraction of sp³-hybridized carbons (Fsp3) is 0.450. The maximum atomic E-state index is 12.3. The number of benzene rings is 1. The van der Waals surface area contributed by atoms with Crippen molar-refractivity contribution < 1.29 is 14.3 Å². The molecule has 0 saturated carbocycles. The Labute approximate surface area is 165 Å². The molecule has 2 aromatic rings. The van der Waals surface area contributed by atoms with Crippen molar-refractivity contribution >= 4 is 17.7 Å². The molecule has 0 aliphatic rings. The number of ether oxygens (including phenoxy) is 1. The Hall–Kier alpha value is -2.87. The molecule has 1 aromatic carbocycles. The summed E-state index contributed by atoms with van der Waals surface area (Å²) in [7, 11) is 0. The summed E-state index contributed by atoms with van der Waals surface area (Å²) >= 11 is 0. The summed E-state index contributed by atoms with van der Waals surface area (Å²) < 4.78 is 6.40. The third-order valence-corrected chi connectivity index (χ3v) is 4.51. The van der Waals surface area contributed by atoms with Crippen molar-refractivity contribution in [2.24, 2.45) is 0 Å². The molecule has 0 bridgehead atoms. The van der Waals surface area contributed by atoms with Gasteiger partial charge in [-0.3, -0.25) is 4.79 Å². The minimum atomic E-state index is -0.507. The average molecular weight is 387 g/mol. The first-order valence-electron chi connectivity index (χ1n) is 9.63. The molecule has 8 nitrogen and oxygen atoms in total. The number of anilines is 1. The topological polar surface area (TPSA) is 102 Å². The van der Waals surface area contributed by atoms with Gasteiger partial charge in [0.15, 0.2) is 0 Å². The predicted octanol–water partition coefficient (Wildman–Crippen LogP) is 2.09. The molecule has 0 fully saturated rings. The lowest BCUT2D eigenvalue weighted by Crippen LogP contribution is -2.29. The van der Waals surface area contributed by atoms with Crippen LogP contribution in [0.2, 0.25) is 0 Å². The lowest BCUT2D eigenvalue weighted by molar-refractivity contribution is 0.0527. The van der Waals surface area contributed by atoms with Gasteiger partial charge in [-0.2, -0.15) is 5.10 Å². The molecule has 0 spiro atoms. The van der Waals surface area contributed by atoms with Gasteiger partial charge in [0.05, 0.1) is 18.5 Å². The van der Waals surface area contributed by atoms with Gasteiger partial charge in [0.1, 0.15) is 11.4 Å². The van der Waals surface area contributed by atoms with Crippen LogP contribution in [0.25, 0.3) is 5.69 Å². The number of rotatable bonds is 10. The molecule has 28 heavy (non-hydrogen) atoms. The fourth-order valence-corrected chi connectivity index (χ4v) is 2.83. The van der Waals surface area contributed by atoms with Gasteiger partial charge in [-0.25, -0.2) is 9.48 Å². The van der Waals surface area contributed by atoms with Crippen LogP contribution in [0.15, 0.2) is 30.5 Å². The van der Waals surface area contributed by atoms with Crippen molar-refractivity contribution in [3.8, 4) is 5.69 Å². The van der Waals surface area contributed by atoms with Gasteiger partial charge in [-0.05, 0) is 57.2 Å². The van der Waals surface area contributed by atoms with Gasteiger partial charge >= 0.3 is 5.97 Å². The number of hydrogen-bond donors (Lipinski definition) is 2. The molecule has 8 heteroatoms. The zero-order valence-electron chi connectivity index (χ0n) is 16.8. The van der Waals surface area contributed by atoms with Gasteiger partial charge in [-0.15, -0.1) is 0 Å². The van der Waals surface area contributed by atoms with Crippen molar-refractivity contribution in [3.05, 3.63) is 41.6 Å². The zero-order chi connectivity index (χ0) is 20.5. The van der Waals surface area contributed by atoms with E-state index in [4.69, 9.17) is 10.5 Å². The van der Waals surface area contributed by atoms with Gasteiger partial charge in [0, 0.05) is 12.1 Å². The van der Waals surface area contributed by atoms with Crippen LogP contribution in [0, 0.1) is 0 Å². The number of carbonyl (C=O) groups excluding carboxylic acids is 2. The van der Waals surface area contributed by atoms with Crippen LogP contribution in [0.4, 0.5) is 5.82 Å². The smallest absolute Gasteiger partial charge is 0.343 e. The third-order valence-electron chi connectivity index (χ3n) is 4.51. The van der Waals surface area contributed by atoms with E-state index in [9.17, 15) is 9.59 Å². The zero-order valence-corrected chi connectivity index (χ0v) is 16.8. The average Bonchev–Trinajstić information content (AvgIpc) is 3.09. The van der Waals surface area contributed by atoms with E-state index in [0.29, 0.717) is 17.8 Å². The summed E-state index contributed by atoms with van der Waals surface area (Å²) in [4.78, 5) is 26.4. The summed E-state index contributed by atoms with van der Waals surface area (Å²) in [5.74, 6) is -0.425. The largest absolute Gasteiger partial charge is 0.462 e. The Morgan fingerprint density at radius 3 is 2.46 bits per heavy atom. The molecule has 0 aliphatic heterocycles. The number of esters is 1. The SMILES string of the molecule is CCOC(=O)c1cnn(-c2ccc(C(=O)NCCCN(CC)CC)cc2)c1N. The molecule has 3 N–H and O–H groups in total. The maximum Gasteiger partial charge on any atom is 0.343 e. The number of nitrogen functional groups attached to an aromatic ring is 1. The van der Waals surface area contributed by atoms with Gasteiger partial charge in [0.2, 0.25) is 0 Å². The first-order chi connectivity index (χ1) is 13.5. The van der Waals surface area contributed by atoms with E-state index < -0.39 is 5.97 Å². The summed E-state index contributed by atoms with van der Waals surface area (Å²) in [6.45, 7) is 9.88. The minimum Gasteiger partial charge on any atom is -0.462 e. The van der Waals surface area contributed by atoms with E-state index >= 15 is 0 Å². The highest BCUT2D eigenvalue weighted by molar-refractivity contribution is 5.95. The Kier molecular flexibility index (Phi) is 8.01. The number of hydrogen-bond acceptors (Lipinski definition) is 6. The molecule has 152 valence electrons. The lowest BCUT2D eigenvalue weighted by atomic mass is 10.2. The molecule has 1 aromatic heterocycles. The molecule has 0 aliphatic carbocycles. The second-order valence-corrected chi connectivity index (χ2v) is 6.26. The molecule has 2 rings (SSSR count). The van der Waals surface area contributed by atoms with Crippen LogP contribution in [0.3, 0.4) is 0 Å². The standard InChI is InChI=1S/C20H29N5O3/c1-4-24(5-2)13-7-12-22-19(26)15-8-10-16(11-9-15)25-18(21)17(14-23-25)20(27)28-6-3/h8-11,14H,4-7,12-13,21H2,1-3H3,(H,22,26). The highest BCUT2D eigenvalue weighted by Crippen LogP contribution is 2.18. The monoisotopic (exact) mass is 387 g/mol. The number of amides is 1. The van der Waals surface area contributed by atoms with E-state index in [1.165, 1.54) is 10.9 Å². The number of nitrogens with two attached hydrogens (primary N) is 1. The first-order valence-corrected chi connectivity index (χ1v) is 9.63. The number of carbonyl (C=O) groups is 2. The van der Waals surface area contributed by atoms with Crippen LogP contribution < -0.4 is 11.1 Å². The van der Waals surface area contributed by atoms with Crippen LogP contribution >= 0.6 is 0 Å². The predicted molar refractivity (Wildman–Crippen MR) is 109 cm³/mol. The Balaban J connectivity index is 1.96. The lowest BCUT2D eigenvalue weighted by Gasteiger charge is -2.17. The van der Waals surface area contributed by atoms with E-state index in [0.717, 1.165) is 26.1 Å². The highest BCUT2D eigenvalue weighted by atomic mass is 16.5. The van der Waals surface area contributed by atoms with Crippen LogP contribution in [0.5, 0.6) is 0 Å². The van der Waals surface area contributed by atoms with Gasteiger partial charge in [-0.1, -0.05) is 13.8 Å². The quantitative estimate of drug-likeness (QED) is 0.478. The Morgan fingerprint density at radius 1 is 1.18 bits per heavy atom. The highest BCUT2D eigenvalue weighted by Gasteiger charge is 2.17. The van der Waals surface area contributed by atoms with Crippen molar-refractivity contribution in [1.82, 2.24) is 20.0 Å². The fourth-order valence-electron chi connectivity index (χ4n) is 2.83. The van der Waals surface area contributed by atoms with Crippen molar-refractivity contribution in [3.63, 3.8) is 0 Å². The van der Waals surface area contributed by atoms with Crippen LogP contribution in [-0.2, 0) is 4.74 Å². The van der Waals surface area contributed by atoms with E-state index in [1.54, 1.807) is 31.2 Å². The first kappa shape index (κ1) is 21.4. The molecule has 0 radical (unpaired) electrons. The summed E-state index contributed by atoms with van der Waals surface area (Å²) in [5.41, 5.74) is 7.45. The summed E-state index contributed by atoms with van der Waals surface area (Å²) in [5, 5.41) is 7.08. The molecule has 0 unspecified atom stereocenters. The normalized spacial score (nSPS) is 10.9. The Morgan fingerprint density at radius 2 is 1.86 bits per heavy atom. The molecule has 0 saturated heterocycles. The molecule has 1 heterocycles. The van der Waals surface area contributed by atoms with E-state index in [2.05, 4.69) is 29.2 Å². The number of aromatic nitrogens is 2. The molecular formula is C20H29N5O3.